The maximum Gasteiger partial charge on any atom is 0.0978 e. The molecule has 0 bridgehead atoms. The van der Waals surface area contributed by atoms with Crippen molar-refractivity contribution in [3.8, 4) is 0 Å². The fourth-order valence-corrected chi connectivity index (χ4v) is 4.59. The van der Waals surface area contributed by atoms with E-state index in [9.17, 15) is 0 Å². The molecule has 0 unspecified atom stereocenters. The molecule has 0 amide bonds. The van der Waals surface area contributed by atoms with Crippen LogP contribution in [0.4, 0.5) is 0 Å². The Morgan fingerprint density at radius 2 is 1.33 bits per heavy atom. The molecule has 0 aromatic carbocycles. The highest BCUT2D eigenvalue weighted by Gasteiger charge is 2.24. The summed E-state index contributed by atoms with van der Waals surface area (Å²) < 4.78 is 5.88. The minimum atomic E-state index is 0.495. The largest absolute Gasteiger partial charge is 0.498 e. The van der Waals surface area contributed by atoms with Gasteiger partial charge in [-0.25, -0.2) is 0 Å². The fourth-order valence-electron chi connectivity index (χ4n) is 4.59. The Hall–Kier alpha value is -0.720. The quantitative estimate of drug-likeness (QED) is 0.298. The van der Waals surface area contributed by atoms with E-state index in [1.807, 2.05) is 6.26 Å². The van der Waals surface area contributed by atoms with Crippen LogP contribution in [0.2, 0.25) is 0 Å². The third-order valence-corrected chi connectivity index (χ3v) is 6.34. The van der Waals surface area contributed by atoms with Crippen LogP contribution in [0.3, 0.4) is 0 Å². The predicted molar refractivity (Wildman–Crippen MR) is 105 cm³/mol. The number of unbranched alkanes of at least 4 members (excludes halogenated alkanes) is 1. The van der Waals surface area contributed by atoms with Crippen LogP contribution in [0, 0.1) is 17.8 Å². The third-order valence-electron chi connectivity index (χ3n) is 6.34. The Kier molecular flexibility index (Phi) is 9.61. The molecular weight excluding hydrogens is 292 g/mol. The van der Waals surface area contributed by atoms with Crippen LogP contribution in [0.5, 0.6) is 0 Å². The summed E-state index contributed by atoms with van der Waals surface area (Å²) >= 11 is 0. The van der Waals surface area contributed by atoms with E-state index in [4.69, 9.17) is 4.74 Å². The molecule has 0 aromatic heterocycles. The zero-order valence-electron chi connectivity index (χ0n) is 16.1. The monoisotopic (exact) mass is 332 g/mol. The van der Waals surface area contributed by atoms with Crippen molar-refractivity contribution in [3.63, 3.8) is 0 Å². The number of rotatable bonds is 10. The van der Waals surface area contributed by atoms with Crippen molar-refractivity contribution < 1.29 is 4.74 Å². The molecule has 0 saturated heterocycles. The number of hydrogen-bond acceptors (Lipinski definition) is 1. The van der Waals surface area contributed by atoms with Crippen LogP contribution in [-0.4, -0.2) is 6.10 Å². The van der Waals surface area contributed by atoms with E-state index < -0.39 is 0 Å². The molecule has 0 atom stereocenters. The molecule has 2 aliphatic carbocycles. The fraction of sp³-hybridized carbons (Fsp3) is 0.826. The highest BCUT2D eigenvalue weighted by Crippen LogP contribution is 2.37. The van der Waals surface area contributed by atoms with Crippen molar-refractivity contribution in [2.24, 2.45) is 17.8 Å². The second-order valence-corrected chi connectivity index (χ2v) is 8.27. The molecule has 0 aromatic rings. The lowest BCUT2D eigenvalue weighted by Crippen LogP contribution is -2.21. The van der Waals surface area contributed by atoms with Crippen LogP contribution in [0.25, 0.3) is 0 Å². The van der Waals surface area contributed by atoms with E-state index in [0.717, 1.165) is 24.2 Å². The van der Waals surface area contributed by atoms with Crippen LogP contribution >= 0.6 is 0 Å². The van der Waals surface area contributed by atoms with Crippen molar-refractivity contribution >= 4 is 0 Å². The van der Waals surface area contributed by atoms with Crippen LogP contribution in [0.1, 0.15) is 96.8 Å². The smallest absolute Gasteiger partial charge is 0.0978 e. The lowest BCUT2D eigenvalue weighted by atomic mass is 9.76. The molecule has 0 spiro atoms. The Morgan fingerprint density at radius 1 is 0.792 bits per heavy atom. The van der Waals surface area contributed by atoms with Gasteiger partial charge in [0.15, 0.2) is 0 Å². The molecule has 1 nitrogen and oxygen atoms in total. The second kappa shape index (κ2) is 11.8. The van der Waals surface area contributed by atoms with Gasteiger partial charge in [-0.2, -0.15) is 0 Å². The summed E-state index contributed by atoms with van der Waals surface area (Å²) in [7, 11) is 0. The highest BCUT2D eigenvalue weighted by molar-refractivity contribution is 4.80. The van der Waals surface area contributed by atoms with Gasteiger partial charge in [0.1, 0.15) is 0 Å². The van der Waals surface area contributed by atoms with Crippen LogP contribution in [-0.2, 0) is 4.74 Å². The molecule has 1 heteroatoms. The summed E-state index contributed by atoms with van der Waals surface area (Å²) in [4.78, 5) is 0. The molecule has 24 heavy (non-hydrogen) atoms. The molecule has 2 saturated carbocycles. The van der Waals surface area contributed by atoms with Gasteiger partial charge in [-0.15, -0.1) is 6.58 Å². The summed E-state index contributed by atoms with van der Waals surface area (Å²) in [5.41, 5.74) is 0. The van der Waals surface area contributed by atoms with Crippen molar-refractivity contribution in [1.29, 1.82) is 0 Å². The topological polar surface area (TPSA) is 9.23 Å². The Bertz CT molecular complexity index is 343. The predicted octanol–water partition coefficient (Wildman–Crippen LogP) is 7.43. The summed E-state index contributed by atoms with van der Waals surface area (Å²) in [5.74, 6) is 2.99. The lowest BCUT2D eigenvalue weighted by Gasteiger charge is -2.31. The Morgan fingerprint density at radius 3 is 1.88 bits per heavy atom. The minimum Gasteiger partial charge on any atom is -0.498 e. The first-order valence-electron chi connectivity index (χ1n) is 10.7. The molecule has 0 N–H and O–H groups in total. The standard InChI is InChI=1S/C23H40O/c1-3-5-7-19-24-23-17-15-22(16-18-23)14-13-21-11-9-20(10-12-21)8-6-4-2/h4,7,19-23H,2-3,5-6,8-18H2,1H3. The summed E-state index contributed by atoms with van der Waals surface area (Å²) in [6, 6.07) is 0. The zero-order chi connectivity index (χ0) is 17.0. The van der Waals surface area contributed by atoms with Gasteiger partial charge in [-0.05, 0) is 68.8 Å². The van der Waals surface area contributed by atoms with Gasteiger partial charge in [0, 0.05) is 0 Å². The maximum atomic E-state index is 5.88. The van der Waals surface area contributed by atoms with E-state index in [1.165, 1.54) is 83.5 Å². The van der Waals surface area contributed by atoms with Gasteiger partial charge in [0.2, 0.25) is 0 Å². The van der Waals surface area contributed by atoms with E-state index in [-0.39, 0.29) is 0 Å². The van der Waals surface area contributed by atoms with Crippen LogP contribution in [0.15, 0.2) is 25.0 Å². The molecular formula is C23H40O. The first kappa shape index (κ1) is 19.6. The molecule has 0 aliphatic heterocycles. The van der Waals surface area contributed by atoms with Gasteiger partial charge in [-0.3, -0.25) is 0 Å². The van der Waals surface area contributed by atoms with Crippen molar-refractivity contribution in [2.75, 3.05) is 0 Å². The lowest BCUT2D eigenvalue weighted by molar-refractivity contribution is 0.0836. The molecule has 2 aliphatic rings. The van der Waals surface area contributed by atoms with E-state index >= 15 is 0 Å². The normalized spacial score (nSPS) is 31.2. The van der Waals surface area contributed by atoms with Gasteiger partial charge in [0.05, 0.1) is 12.4 Å². The van der Waals surface area contributed by atoms with Crippen molar-refractivity contribution in [3.05, 3.63) is 25.0 Å². The third kappa shape index (κ3) is 7.45. The summed E-state index contributed by atoms with van der Waals surface area (Å²) in [6.07, 6.45) is 25.9. The van der Waals surface area contributed by atoms with Gasteiger partial charge in [-0.1, -0.05) is 57.9 Å². The number of ether oxygens (including phenoxy) is 1. The van der Waals surface area contributed by atoms with E-state index in [1.54, 1.807) is 0 Å². The molecule has 2 fully saturated rings. The van der Waals surface area contributed by atoms with Crippen LogP contribution < -0.4 is 0 Å². The molecule has 0 radical (unpaired) electrons. The van der Waals surface area contributed by atoms with Crippen molar-refractivity contribution in [2.45, 2.75) is 103 Å². The summed E-state index contributed by atoms with van der Waals surface area (Å²) in [5, 5.41) is 0. The Balaban J connectivity index is 1.53. The maximum absolute atomic E-state index is 5.88. The van der Waals surface area contributed by atoms with Gasteiger partial charge >= 0.3 is 0 Å². The molecule has 138 valence electrons. The van der Waals surface area contributed by atoms with Gasteiger partial charge < -0.3 is 4.74 Å². The average molecular weight is 333 g/mol. The first-order valence-corrected chi connectivity index (χ1v) is 10.7. The zero-order valence-corrected chi connectivity index (χ0v) is 16.1. The average Bonchev–Trinajstić information content (AvgIpc) is 2.64. The number of allylic oxidation sites excluding steroid dienone is 2. The van der Waals surface area contributed by atoms with Crippen molar-refractivity contribution in [1.82, 2.24) is 0 Å². The van der Waals surface area contributed by atoms with Gasteiger partial charge in [0.25, 0.3) is 0 Å². The number of hydrogen-bond donors (Lipinski definition) is 0. The van der Waals surface area contributed by atoms with E-state index in [2.05, 4.69) is 25.7 Å². The molecule has 0 heterocycles. The summed E-state index contributed by atoms with van der Waals surface area (Å²) in [6.45, 7) is 6.07. The minimum absolute atomic E-state index is 0.495. The van der Waals surface area contributed by atoms with E-state index in [0.29, 0.717) is 6.10 Å². The first-order chi connectivity index (χ1) is 11.8. The second-order valence-electron chi connectivity index (χ2n) is 8.27. The Labute approximate surface area is 150 Å². The highest BCUT2D eigenvalue weighted by atomic mass is 16.5. The molecule has 2 rings (SSSR count). The SMILES string of the molecule is C=CCCC1CCC(CCC2CCC(OC=CCCC)CC2)CC1.